The molecule has 108 valence electrons. The zero-order chi connectivity index (χ0) is 15.4. The van der Waals surface area contributed by atoms with E-state index in [4.69, 9.17) is 16.7 Å². The van der Waals surface area contributed by atoms with Crippen molar-refractivity contribution >= 4 is 46.6 Å². The minimum absolute atomic E-state index is 0.277. The number of hydrogen-bond acceptors (Lipinski definition) is 3. The van der Waals surface area contributed by atoms with E-state index in [1.165, 1.54) is 17.4 Å². The van der Waals surface area contributed by atoms with E-state index in [-0.39, 0.29) is 5.91 Å². The summed E-state index contributed by atoms with van der Waals surface area (Å²) in [6.07, 6.45) is 2.48. The fraction of sp³-hybridized carbons (Fsp3) is 0.0667. The van der Waals surface area contributed by atoms with Gasteiger partial charge in [-0.15, -0.1) is 11.3 Å². The maximum absolute atomic E-state index is 12.1. The third-order valence-corrected chi connectivity index (χ3v) is 3.98. The fourth-order valence-corrected chi connectivity index (χ4v) is 2.71. The van der Waals surface area contributed by atoms with Crippen LogP contribution < -0.4 is 5.32 Å². The summed E-state index contributed by atoms with van der Waals surface area (Å²) in [6, 6.07) is 8.71. The molecule has 2 N–H and O–H groups in total. The second-order valence-electron chi connectivity index (χ2n) is 4.31. The summed E-state index contributed by atoms with van der Waals surface area (Å²) in [5.74, 6) is -1.30. The molecule has 0 radical (unpaired) electrons. The van der Waals surface area contributed by atoms with Crippen LogP contribution in [0.3, 0.4) is 0 Å². The van der Waals surface area contributed by atoms with Gasteiger partial charge in [0, 0.05) is 11.0 Å². The lowest BCUT2D eigenvalue weighted by Gasteiger charge is -2.06. The first-order chi connectivity index (χ1) is 9.95. The Morgan fingerprint density at radius 2 is 2.05 bits per heavy atom. The normalized spacial score (nSPS) is 10.8. The number of aryl methyl sites for hydroxylation is 1. The molecule has 0 saturated carbocycles. The molecule has 0 saturated heterocycles. The second kappa shape index (κ2) is 6.56. The van der Waals surface area contributed by atoms with Crippen LogP contribution in [-0.4, -0.2) is 17.0 Å². The first-order valence-corrected chi connectivity index (χ1v) is 7.23. The van der Waals surface area contributed by atoms with Crippen LogP contribution >= 0.6 is 22.9 Å². The van der Waals surface area contributed by atoms with Crippen molar-refractivity contribution in [3.8, 4) is 0 Å². The van der Waals surface area contributed by atoms with Gasteiger partial charge in [-0.3, -0.25) is 4.79 Å². The third kappa shape index (κ3) is 4.18. The highest BCUT2D eigenvalue weighted by Crippen LogP contribution is 2.25. The summed E-state index contributed by atoms with van der Waals surface area (Å²) in [7, 11) is 0. The summed E-state index contributed by atoms with van der Waals surface area (Å²) >= 11 is 7.27. The maximum atomic E-state index is 12.1. The van der Waals surface area contributed by atoms with Crippen LogP contribution in [-0.2, 0) is 4.79 Å². The van der Waals surface area contributed by atoms with Gasteiger partial charge in [0.15, 0.2) is 0 Å². The maximum Gasteiger partial charge on any atom is 0.328 e. The number of nitrogens with one attached hydrogen (secondary N) is 1. The number of hydrogen-bond donors (Lipinski definition) is 2. The molecule has 0 aliphatic rings. The Morgan fingerprint density at radius 1 is 1.29 bits per heavy atom. The van der Waals surface area contributed by atoms with Crippen molar-refractivity contribution in [1.82, 2.24) is 0 Å². The number of carbonyl (C=O) groups is 2. The number of thiophene rings is 1. The number of amides is 1. The molecule has 2 rings (SSSR count). The van der Waals surface area contributed by atoms with Gasteiger partial charge in [-0.1, -0.05) is 17.7 Å². The van der Waals surface area contributed by atoms with Crippen molar-refractivity contribution in [3.05, 3.63) is 56.7 Å². The smallest absolute Gasteiger partial charge is 0.328 e. The molecular formula is C15H12ClNO3S. The van der Waals surface area contributed by atoms with Crippen LogP contribution in [0.4, 0.5) is 5.69 Å². The van der Waals surface area contributed by atoms with Crippen LogP contribution in [0.25, 0.3) is 6.08 Å². The van der Waals surface area contributed by atoms with Crippen molar-refractivity contribution in [2.24, 2.45) is 0 Å². The molecule has 4 nitrogen and oxygen atoms in total. The summed E-state index contributed by atoms with van der Waals surface area (Å²) in [6.45, 7) is 1.91. The average molecular weight is 322 g/mol. The molecule has 1 amide bonds. The molecule has 1 aromatic heterocycles. The van der Waals surface area contributed by atoms with E-state index in [1.807, 2.05) is 13.0 Å². The van der Waals surface area contributed by atoms with Gasteiger partial charge in [0.2, 0.25) is 0 Å². The van der Waals surface area contributed by atoms with Crippen LogP contribution in [0.5, 0.6) is 0 Å². The van der Waals surface area contributed by atoms with E-state index >= 15 is 0 Å². The molecule has 0 spiro atoms. The highest BCUT2D eigenvalue weighted by molar-refractivity contribution is 7.15. The highest BCUT2D eigenvalue weighted by Gasteiger charge is 2.10. The summed E-state index contributed by atoms with van der Waals surface area (Å²) in [4.78, 5) is 23.7. The first kappa shape index (κ1) is 15.3. The Hall–Kier alpha value is -2.11. The van der Waals surface area contributed by atoms with Gasteiger partial charge in [0.1, 0.15) is 0 Å². The molecule has 0 bridgehead atoms. The lowest BCUT2D eigenvalue weighted by Crippen LogP contribution is -2.10. The molecule has 21 heavy (non-hydrogen) atoms. The topological polar surface area (TPSA) is 66.4 Å². The molecule has 0 aliphatic heterocycles. The Balaban J connectivity index is 2.12. The summed E-state index contributed by atoms with van der Waals surface area (Å²) < 4.78 is 0. The van der Waals surface area contributed by atoms with Gasteiger partial charge in [-0.2, -0.15) is 0 Å². The number of carboxylic acid groups (broad SMARTS) is 1. The lowest BCUT2D eigenvalue weighted by molar-refractivity contribution is -0.131. The van der Waals surface area contributed by atoms with Crippen LogP contribution in [0, 0.1) is 6.92 Å². The number of rotatable bonds is 4. The lowest BCUT2D eigenvalue weighted by atomic mass is 10.2. The van der Waals surface area contributed by atoms with E-state index in [9.17, 15) is 9.59 Å². The monoisotopic (exact) mass is 321 g/mol. The van der Waals surface area contributed by atoms with Crippen LogP contribution in [0.15, 0.2) is 36.4 Å². The number of halogens is 1. The van der Waals surface area contributed by atoms with E-state index < -0.39 is 5.97 Å². The molecule has 1 heterocycles. The minimum Gasteiger partial charge on any atom is -0.478 e. The Labute approximate surface area is 130 Å². The quantitative estimate of drug-likeness (QED) is 0.834. The standard InChI is InChI=1S/C15H12ClNO3S/c1-9-2-5-12(11(16)8-9)17-15(20)13-6-3-10(21-13)4-7-14(18)19/h2-8H,1H3,(H,17,20)(H,18,19). The van der Waals surface area contributed by atoms with Gasteiger partial charge in [-0.25, -0.2) is 4.79 Å². The van der Waals surface area contributed by atoms with E-state index in [0.29, 0.717) is 20.5 Å². The van der Waals surface area contributed by atoms with E-state index in [1.54, 1.807) is 24.3 Å². The Kier molecular flexibility index (Phi) is 4.77. The molecule has 0 aliphatic carbocycles. The number of carboxylic acids is 1. The van der Waals surface area contributed by atoms with Gasteiger partial charge < -0.3 is 10.4 Å². The fourth-order valence-electron chi connectivity index (χ4n) is 1.62. The van der Waals surface area contributed by atoms with Crippen molar-refractivity contribution in [2.75, 3.05) is 5.32 Å². The minimum atomic E-state index is -1.03. The number of benzene rings is 1. The van der Waals surface area contributed by atoms with E-state index in [0.717, 1.165) is 11.6 Å². The number of aliphatic carboxylic acids is 1. The van der Waals surface area contributed by atoms with Gasteiger partial charge in [0.05, 0.1) is 15.6 Å². The molecule has 0 fully saturated rings. The first-order valence-electron chi connectivity index (χ1n) is 6.04. The number of carbonyl (C=O) groups excluding carboxylic acids is 1. The zero-order valence-electron chi connectivity index (χ0n) is 11.1. The zero-order valence-corrected chi connectivity index (χ0v) is 12.7. The third-order valence-electron chi connectivity index (χ3n) is 2.61. The van der Waals surface area contributed by atoms with Crippen LogP contribution in [0.2, 0.25) is 5.02 Å². The van der Waals surface area contributed by atoms with Crippen LogP contribution in [0.1, 0.15) is 20.1 Å². The van der Waals surface area contributed by atoms with Gasteiger partial charge >= 0.3 is 5.97 Å². The summed E-state index contributed by atoms with van der Waals surface area (Å²) in [5.41, 5.74) is 1.55. The molecule has 0 atom stereocenters. The summed E-state index contributed by atoms with van der Waals surface area (Å²) in [5, 5.41) is 11.8. The van der Waals surface area contributed by atoms with E-state index in [2.05, 4.69) is 5.32 Å². The predicted octanol–water partition coefficient (Wildman–Crippen LogP) is 4.06. The Bertz CT molecular complexity index is 721. The van der Waals surface area contributed by atoms with Gasteiger partial charge in [0.25, 0.3) is 5.91 Å². The average Bonchev–Trinajstić information content (AvgIpc) is 2.88. The van der Waals surface area contributed by atoms with Crippen molar-refractivity contribution < 1.29 is 14.7 Å². The van der Waals surface area contributed by atoms with Crippen molar-refractivity contribution in [1.29, 1.82) is 0 Å². The molecular weight excluding hydrogens is 310 g/mol. The molecule has 2 aromatic rings. The second-order valence-corrected chi connectivity index (χ2v) is 5.83. The molecule has 1 aromatic carbocycles. The van der Waals surface area contributed by atoms with Crippen molar-refractivity contribution in [2.45, 2.75) is 6.92 Å². The highest BCUT2D eigenvalue weighted by atomic mass is 35.5. The van der Waals surface area contributed by atoms with Gasteiger partial charge in [-0.05, 0) is 42.8 Å². The number of anilines is 1. The predicted molar refractivity (Wildman–Crippen MR) is 85.1 cm³/mol. The molecule has 0 unspecified atom stereocenters. The van der Waals surface area contributed by atoms with Crippen molar-refractivity contribution in [3.63, 3.8) is 0 Å². The largest absolute Gasteiger partial charge is 0.478 e. The SMILES string of the molecule is Cc1ccc(NC(=O)c2ccc(C=CC(=O)O)s2)c(Cl)c1. The molecule has 6 heteroatoms. The Morgan fingerprint density at radius 3 is 2.71 bits per heavy atom.